The molecule has 1 aromatic heterocycles. The molecule has 0 aliphatic carbocycles. The van der Waals surface area contributed by atoms with Crippen molar-refractivity contribution >= 4 is 45.8 Å². The number of aryl methyl sites for hydroxylation is 1. The summed E-state index contributed by atoms with van der Waals surface area (Å²) in [7, 11) is 0. The van der Waals surface area contributed by atoms with Crippen molar-refractivity contribution in [2.75, 3.05) is 13.2 Å². The van der Waals surface area contributed by atoms with E-state index in [1.807, 2.05) is 49.4 Å². The number of aromatic nitrogens is 2. The van der Waals surface area contributed by atoms with Crippen LogP contribution in [0.5, 0.6) is 11.5 Å². The van der Waals surface area contributed by atoms with Gasteiger partial charge in [-0.25, -0.2) is 4.98 Å². The molecule has 0 unspecified atom stereocenters. The number of rotatable bonds is 11. The van der Waals surface area contributed by atoms with E-state index in [0.717, 1.165) is 47.4 Å². The molecule has 3 aromatic carbocycles. The fraction of sp³-hybridized carbons (Fsp3) is 0.269. The van der Waals surface area contributed by atoms with Crippen LogP contribution < -0.4 is 14.8 Å². The van der Waals surface area contributed by atoms with Gasteiger partial charge in [-0.1, -0.05) is 53.0 Å². The molecule has 0 spiro atoms. The normalized spacial score (nSPS) is 11.2. The molecule has 0 fully saturated rings. The highest BCUT2D eigenvalue weighted by atomic mass is 35.5. The van der Waals surface area contributed by atoms with E-state index in [1.54, 1.807) is 12.1 Å². The van der Waals surface area contributed by atoms with Crippen LogP contribution in [0.3, 0.4) is 0 Å². The molecule has 4 aromatic rings. The van der Waals surface area contributed by atoms with Crippen LogP contribution in [0.4, 0.5) is 0 Å². The lowest BCUT2D eigenvalue weighted by Gasteiger charge is -2.16. The number of ether oxygens (including phenoxy) is 2. The zero-order valence-corrected chi connectivity index (χ0v) is 21.1. The van der Waals surface area contributed by atoms with Crippen molar-refractivity contribution in [1.82, 2.24) is 15.3 Å². The highest BCUT2D eigenvalue weighted by Crippen LogP contribution is 2.37. The lowest BCUT2D eigenvalue weighted by molar-refractivity contribution is 0.269. The summed E-state index contributed by atoms with van der Waals surface area (Å²) < 4.78 is 11.8. The lowest BCUT2D eigenvalue weighted by Crippen LogP contribution is -2.15. The molecule has 0 aliphatic rings. The first-order valence-corrected chi connectivity index (χ1v) is 12.3. The molecule has 0 saturated carbocycles. The van der Waals surface area contributed by atoms with Crippen LogP contribution in [-0.4, -0.2) is 23.1 Å². The molecule has 1 heterocycles. The van der Waals surface area contributed by atoms with Crippen LogP contribution in [0.25, 0.3) is 11.0 Å². The van der Waals surface area contributed by atoms with Crippen molar-refractivity contribution in [2.45, 2.75) is 32.9 Å². The van der Waals surface area contributed by atoms with E-state index in [0.29, 0.717) is 39.7 Å². The molecule has 178 valence electrons. The van der Waals surface area contributed by atoms with Gasteiger partial charge < -0.3 is 19.8 Å². The number of fused-ring (bicyclic) bond motifs is 1. The third kappa shape index (κ3) is 6.36. The second kappa shape index (κ2) is 11.8. The summed E-state index contributed by atoms with van der Waals surface area (Å²) >= 11 is 18.8. The summed E-state index contributed by atoms with van der Waals surface area (Å²) in [6.07, 6.45) is 1.85. The average Bonchev–Trinajstić information content (AvgIpc) is 3.22. The number of imidazole rings is 1. The summed E-state index contributed by atoms with van der Waals surface area (Å²) in [5, 5.41) is 5.09. The Balaban J connectivity index is 1.32. The van der Waals surface area contributed by atoms with Crippen LogP contribution in [-0.2, 0) is 19.6 Å². The second-order valence-corrected chi connectivity index (χ2v) is 9.09. The average molecular weight is 519 g/mol. The lowest BCUT2D eigenvalue weighted by atomic mass is 10.2. The standard InChI is InChI=1S/C26H26Cl3N3O2/c1-2-33-24-13-17(12-21(29)26(24)34-16-18-9-10-19(27)14-20(18)28)15-30-11-5-8-25-31-22-6-3-4-7-23(22)32-25/h3-4,6-7,9-10,12-14,30H,2,5,8,11,15-16H2,1H3,(H,31,32). The number of nitrogens with one attached hydrogen (secondary N) is 2. The van der Waals surface area contributed by atoms with Crippen LogP contribution in [0.15, 0.2) is 54.6 Å². The van der Waals surface area contributed by atoms with E-state index in [9.17, 15) is 0 Å². The first-order chi connectivity index (χ1) is 16.5. The maximum absolute atomic E-state index is 6.56. The van der Waals surface area contributed by atoms with Gasteiger partial charge in [-0.2, -0.15) is 0 Å². The van der Waals surface area contributed by atoms with Crippen molar-refractivity contribution in [3.05, 3.63) is 86.6 Å². The van der Waals surface area contributed by atoms with Gasteiger partial charge in [-0.3, -0.25) is 0 Å². The van der Waals surface area contributed by atoms with Gasteiger partial charge in [-0.15, -0.1) is 0 Å². The molecule has 0 amide bonds. The summed E-state index contributed by atoms with van der Waals surface area (Å²) in [6, 6.07) is 17.2. The number of halogens is 3. The number of para-hydroxylation sites is 2. The molecular weight excluding hydrogens is 493 g/mol. The Bertz CT molecular complexity index is 1230. The van der Waals surface area contributed by atoms with E-state index in [2.05, 4.69) is 15.3 Å². The van der Waals surface area contributed by atoms with E-state index < -0.39 is 0 Å². The molecule has 0 saturated heterocycles. The molecule has 4 rings (SSSR count). The van der Waals surface area contributed by atoms with Crippen molar-refractivity contribution in [1.29, 1.82) is 0 Å². The SMILES string of the molecule is CCOc1cc(CNCCCc2nc3ccccc3[nH]2)cc(Cl)c1OCc1ccc(Cl)cc1Cl. The third-order valence-corrected chi connectivity index (χ3v) is 6.16. The van der Waals surface area contributed by atoms with Crippen LogP contribution in [0, 0.1) is 0 Å². The minimum absolute atomic E-state index is 0.259. The van der Waals surface area contributed by atoms with Crippen LogP contribution in [0.2, 0.25) is 15.1 Å². The Labute approximate surface area is 214 Å². The number of benzene rings is 3. The van der Waals surface area contributed by atoms with Gasteiger partial charge in [0.05, 0.1) is 22.7 Å². The number of hydrogen-bond donors (Lipinski definition) is 2. The van der Waals surface area contributed by atoms with Gasteiger partial charge >= 0.3 is 0 Å². The maximum Gasteiger partial charge on any atom is 0.180 e. The fourth-order valence-corrected chi connectivity index (χ4v) is 4.40. The van der Waals surface area contributed by atoms with Gasteiger partial charge in [-0.05, 0) is 61.9 Å². The minimum atomic E-state index is 0.259. The molecule has 2 N–H and O–H groups in total. The largest absolute Gasteiger partial charge is 0.490 e. The van der Waals surface area contributed by atoms with E-state index in [1.165, 1.54) is 0 Å². The predicted octanol–water partition coefficient (Wildman–Crippen LogP) is 7.22. The van der Waals surface area contributed by atoms with E-state index in [4.69, 9.17) is 44.3 Å². The number of H-pyrrole nitrogens is 1. The third-order valence-electron chi connectivity index (χ3n) is 5.29. The number of nitrogens with zero attached hydrogens (tertiary/aromatic N) is 1. The van der Waals surface area contributed by atoms with Crippen molar-refractivity contribution in [2.24, 2.45) is 0 Å². The molecule has 0 aliphatic heterocycles. The zero-order valence-electron chi connectivity index (χ0n) is 18.8. The predicted molar refractivity (Wildman–Crippen MR) is 140 cm³/mol. The van der Waals surface area contributed by atoms with E-state index in [-0.39, 0.29) is 6.61 Å². The number of hydrogen-bond acceptors (Lipinski definition) is 4. The zero-order chi connectivity index (χ0) is 23.9. The number of aromatic amines is 1. The van der Waals surface area contributed by atoms with Gasteiger partial charge in [0.15, 0.2) is 11.5 Å². The molecule has 8 heteroatoms. The van der Waals surface area contributed by atoms with Gasteiger partial charge in [0.2, 0.25) is 0 Å². The fourth-order valence-electron chi connectivity index (χ4n) is 3.65. The highest BCUT2D eigenvalue weighted by Gasteiger charge is 2.14. The summed E-state index contributed by atoms with van der Waals surface area (Å²) in [5.41, 5.74) is 3.92. The minimum Gasteiger partial charge on any atom is -0.490 e. The molecule has 0 bridgehead atoms. The molecule has 0 radical (unpaired) electrons. The first-order valence-electron chi connectivity index (χ1n) is 11.2. The Morgan fingerprint density at radius 3 is 2.62 bits per heavy atom. The molecule has 0 atom stereocenters. The van der Waals surface area contributed by atoms with Crippen LogP contribution in [0.1, 0.15) is 30.3 Å². The van der Waals surface area contributed by atoms with Crippen molar-refractivity contribution < 1.29 is 9.47 Å². The Kier molecular flexibility index (Phi) is 8.57. The summed E-state index contributed by atoms with van der Waals surface area (Å²) in [6.45, 7) is 4.21. The Morgan fingerprint density at radius 2 is 1.82 bits per heavy atom. The smallest absolute Gasteiger partial charge is 0.180 e. The quantitative estimate of drug-likeness (QED) is 0.206. The van der Waals surface area contributed by atoms with Crippen molar-refractivity contribution in [3.63, 3.8) is 0 Å². The monoisotopic (exact) mass is 517 g/mol. The first kappa shape index (κ1) is 24.7. The summed E-state index contributed by atoms with van der Waals surface area (Å²) in [4.78, 5) is 7.99. The van der Waals surface area contributed by atoms with E-state index >= 15 is 0 Å². The molecule has 5 nitrogen and oxygen atoms in total. The topological polar surface area (TPSA) is 59.2 Å². The Morgan fingerprint density at radius 1 is 0.971 bits per heavy atom. The van der Waals surface area contributed by atoms with Crippen molar-refractivity contribution in [3.8, 4) is 11.5 Å². The van der Waals surface area contributed by atoms with Crippen LogP contribution >= 0.6 is 34.8 Å². The molecule has 34 heavy (non-hydrogen) atoms. The Hall–Kier alpha value is -2.44. The second-order valence-electron chi connectivity index (χ2n) is 7.84. The molecular formula is C26H26Cl3N3O2. The van der Waals surface area contributed by atoms with Gasteiger partial charge in [0.1, 0.15) is 12.4 Å². The summed E-state index contributed by atoms with van der Waals surface area (Å²) in [5.74, 6) is 2.12. The highest BCUT2D eigenvalue weighted by molar-refractivity contribution is 6.35. The van der Waals surface area contributed by atoms with Gasteiger partial charge in [0.25, 0.3) is 0 Å². The maximum atomic E-state index is 6.56. The van der Waals surface area contributed by atoms with Gasteiger partial charge in [0, 0.05) is 28.6 Å².